The van der Waals surface area contributed by atoms with Crippen molar-refractivity contribution in [3.05, 3.63) is 33.6 Å². The van der Waals surface area contributed by atoms with Gasteiger partial charge in [-0.15, -0.1) is 6.58 Å². The molecule has 0 saturated carbocycles. The standard InChI is InChI=1S/C11H10ClIN2O/c1-2-7-3-11(16)15(6-7)9-4-10(12)14-5-8(9)13/h2,4-5,7H,1,3,6H2. The van der Waals surface area contributed by atoms with E-state index in [1.165, 1.54) is 0 Å². The molecule has 1 unspecified atom stereocenters. The first-order valence-electron chi connectivity index (χ1n) is 4.85. The Balaban J connectivity index is 2.34. The Morgan fingerprint density at radius 1 is 1.69 bits per heavy atom. The van der Waals surface area contributed by atoms with Crippen molar-refractivity contribution in [3.8, 4) is 0 Å². The van der Waals surface area contributed by atoms with Crippen molar-refractivity contribution >= 4 is 45.8 Å². The van der Waals surface area contributed by atoms with Gasteiger partial charge in [0.2, 0.25) is 5.91 Å². The smallest absolute Gasteiger partial charge is 0.227 e. The zero-order chi connectivity index (χ0) is 11.7. The number of carbonyl (C=O) groups excluding carboxylic acids is 1. The van der Waals surface area contributed by atoms with Gasteiger partial charge in [0.15, 0.2) is 0 Å². The number of halogens is 2. The maximum absolute atomic E-state index is 11.8. The second-order valence-corrected chi connectivity index (χ2v) is 5.21. The van der Waals surface area contributed by atoms with Gasteiger partial charge in [-0.3, -0.25) is 4.79 Å². The maximum Gasteiger partial charge on any atom is 0.227 e. The monoisotopic (exact) mass is 348 g/mol. The summed E-state index contributed by atoms with van der Waals surface area (Å²) in [5, 5.41) is 0.408. The van der Waals surface area contributed by atoms with Crippen LogP contribution in [0.5, 0.6) is 0 Å². The first kappa shape index (κ1) is 11.9. The molecule has 1 aromatic rings. The summed E-state index contributed by atoms with van der Waals surface area (Å²) in [5.74, 6) is 0.348. The number of nitrogens with zero attached hydrogens (tertiary/aromatic N) is 2. The molecule has 0 spiro atoms. The summed E-state index contributed by atoms with van der Waals surface area (Å²) in [6, 6.07) is 1.73. The molecule has 0 aromatic carbocycles. The number of hydrogen-bond acceptors (Lipinski definition) is 2. The molecule has 0 radical (unpaired) electrons. The Morgan fingerprint density at radius 2 is 2.44 bits per heavy atom. The summed E-state index contributed by atoms with van der Waals surface area (Å²) >= 11 is 8.00. The van der Waals surface area contributed by atoms with Gasteiger partial charge in [-0.1, -0.05) is 17.7 Å². The van der Waals surface area contributed by atoms with E-state index in [-0.39, 0.29) is 11.8 Å². The normalized spacial score (nSPS) is 20.2. The summed E-state index contributed by atoms with van der Waals surface area (Å²) in [4.78, 5) is 17.5. The Morgan fingerprint density at radius 3 is 3.06 bits per heavy atom. The summed E-state index contributed by atoms with van der Waals surface area (Å²) in [7, 11) is 0. The fourth-order valence-corrected chi connectivity index (χ4v) is 2.47. The number of pyridine rings is 1. The molecule has 84 valence electrons. The number of hydrogen-bond donors (Lipinski definition) is 0. The minimum Gasteiger partial charge on any atom is -0.311 e. The van der Waals surface area contributed by atoms with Crippen molar-refractivity contribution in [1.82, 2.24) is 4.98 Å². The van der Waals surface area contributed by atoms with Gasteiger partial charge in [-0.25, -0.2) is 4.98 Å². The third-order valence-electron chi connectivity index (χ3n) is 2.58. The summed E-state index contributed by atoms with van der Waals surface area (Å²) in [6.07, 6.45) is 4.03. The van der Waals surface area contributed by atoms with Gasteiger partial charge in [-0.2, -0.15) is 0 Å². The fraction of sp³-hybridized carbons (Fsp3) is 0.273. The molecule has 1 amide bonds. The lowest BCUT2D eigenvalue weighted by Gasteiger charge is -2.17. The Bertz CT molecular complexity index is 450. The molecular formula is C11H10ClIN2O. The highest BCUT2D eigenvalue weighted by atomic mass is 127. The number of amides is 1. The lowest BCUT2D eigenvalue weighted by atomic mass is 10.1. The largest absolute Gasteiger partial charge is 0.311 e. The first-order chi connectivity index (χ1) is 7.61. The highest BCUT2D eigenvalue weighted by molar-refractivity contribution is 14.1. The third-order valence-corrected chi connectivity index (χ3v) is 3.62. The van der Waals surface area contributed by atoms with Crippen LogP contribution in [0.15, 0.2) is 24.9 Å². The molecule has 0 N–H and O–H groups in total. The van der Waals surface area contributed by atoms with E-state index in [4.69, 9.17) is 11.6 Å². The van der Waals surface area contributed by atoms with Crippen molar-refractivity contribution < 1.29 is 4.79 Å². The van der Waals surface area contributed by atoms with Crippen LogP contribution in [0.1, 0.15) is 6.42 Å². The van der Waals surface area contributed by atoms with Gasteiger partial charge in [0, 0.05) is 31.1 Å². The second kappa shape index (κ2) is 4.71. The average Bonchev–Trinajstić information content (AvgIpc) is 2.63. The molecule has 1 aromatic heterocycles. The quantitative estimate of drug-likeness (QED) is 0.468. The zero-order valence-corrected chi connectivity index (χ0v) is 11.4. The van der Waals surface area contributed by atoms with E-state index in [2.05, 4.69) is 34.2 Å². The van der Waals surface area contributed by atoms with Crippen molar-refractivity contribution in [2.45, 2.75) is 6.42 Å². The van der Waals surface area contributed by atoms with E-state index in [1.807, 2.05) is 6.08 Å². The molecule has 2 rings (SSSR count). The van der Waals surface area contributed by atoms with Crippen LogP contribution in [0, 0.1) is 9.49 Å². The number of anilines is 1. The molecule has 5 heteroatoms. The second-order valence-electron chi connectivity index (χ2n) is 3.66. The summed E-state index contributed by atoms with van der Waals surface area (Å²) in [5.41, 5.74) is 0.843. The number of carbonyl (C=O) groups is 1. The molecule has 16 heavy (non-hydrogen) atoms. The van der Waals surface area contributed by atoms with Crippen LogP contribution >= 0.6 is 34.2 Å². The maximum atomic E-state index is 11.8. The van der Waals surface area contributed by atoms with Crippen LogP contribution in [-0.2, 0) is 4.79 Å². The van der Waals surface area contributed by atoms with Crippen LogP contribution in [-0.4, -0.2) is 17.4 Å². The molecule has 1 aliphatic heterocycles. The van der Waals surface area contributed by atoms with Gasteiger partial charge in [0.25, 0.3) is 0 Å². The summed E-state index contributed by atoms with van der Waals surface area (Å²) < 4.78 is 0.931. The molecule has 1 fully saturated rings. The van der Waals surface area contributed by atoms with E-state index in [1.54, 1.807) is 17.2 Å². The molecule has 1 aliphatic rings. The Kier molecular flexibility index (Phi) is 3.49. The van der Waals surface area contributed by atoms with Gasteiger partial charge in [-0.05, 0) is 22.6 Å². The van der Waals surface area contributed by atoms with E-state index in [9.17, 15) is 4.79 Å². The highest BCUT2D eigenvalue weighted by Gasteiger charge is 2.29. The van der Waals surface area contributed by atoms with E-state index in [0.717, 1.165) is 9.26 Å². The molecule has 0 bridgehead atoms. The Hall–Kier alpha value is -0.620. The lowest BCUT2D eigenvalue weighted by Crippen LogP contribution is -2.25. The average molecular weight is 349 g/mol. The van der Waals surface area contributed by atoms with Crippen LogP contribution in [0.3, 0.4) is 0 Å². The fourth-order valence-electron chi connectivity index (χ4n) is 1.74. The van der Waals surface area contributed by atoms with Crippen LogP contribution < -0.4 is 4.90 Å². The van der Waals surface area contributed by atoms with Crippen molar-refractivity contribution in [2.75, 3.05) is 11.4 Å². The van der Waals surface area contributed by atoms with E-state index in [0.29, 0.717) is 18.1 Å². The molecule has 0 aliphatic carbocycles. The number of rotatable bonds is 2. The van der Waals surface area contributed by atoms with Crippen LogP contribution in [0.4, 0.5) is 5.69 Å². The van der Waals surface area contributed by atoms with Crippen LogP contribution in [0.25, 0.3) is 0 Å². The molecular weight excluding hydrogens is 338 g/mol. The van der Waals surface area contributed by atoms with Crippen molar-refractivity contribution in [1.29, 1.82) is 0 Å². The predicted molar refractivity (Wildman–Crippen MR) is 72.6 cm³/mol. The Labute approximate surface area is 113 Å². The molecule has 3 nitrogen and oxygen atoms in total. The third kappa shape index (κ3) is 2.22. The lowest BCUT2D eigenvalue weighted by molar-refractivity contribution is -0.117. The zero-order valence-electron chi connectivity index (χ0n) is 8.49. The van der Waals surface area contributed by atoms with Gasteiger partial charge < -0.3 is 4.90 Å². The molecule has 2 heterocycles. The number of aromatic nitrogens is 1. The summed E-state index contributed by atoms with van der Waals surface area (Å²) in [6.45, 7) is 4.41. The minimum atomic E-state index is 0.116. The van der Waals surface area contributed by atoms with E-state index >= 15 is 0 Å². The van der Waals surface area contributed by atoms with Gasteiger partial charge >= 0.3 is 0 Å². The molecule has 1 saturated heterocycles. The predicted octanol–water partition coefficient (Wildman–Crippen LogP) is 2.88. The highest BCUT2D eigenvalue weighted by Crippen LogP contribution is 2.30. The van der Waals surface area contributed by atoms with Gasteiger partial charge in [0.05, 0.1) is 9.26 Å². The minimum absolute atomic E-state index is 0.116. The SMILES string of the molecule is C=CC1CC(=O)N(c2cc(Cl)ncc2I)C1. The van der Waals surface area contributed by atoms with Crippen LogP contribution in [0.2, 0.25) is 5.15 Å². The topological polar surface area (TPSA) is 33.2 Å². The first-order valence-corrected chi connectivity index (χ1v) is 6.31. The van der Waals surface area contributed by atoms with Gasteiger partial charge in [0.1, 0.15) is 5.15 Å². The molecule has 1 atom stereocenters. The van der Waals surface area contributed by atoms with E-state index < -0.39 is 0 Å². The van der Waals surface area contributed by atoms with Crippen molar-refractivity contribution in [3.63, 3.8) is 0 Å². The van der Waals surface area contributed by atoms with Crippen molar-refractivity contribution in [2.24, 2.45) is 5.92 Å².